The summed E-state index contributed by atoms with van der Waals surface area (Å²) in [5.41, 5.74) is 13.8. The van der Waals surface area contributed by atoms with Gasteiger partial charge in [0, 0.05) is 38.3 Å². The van der Waals surface area contributed by atoms with Gasteiger partial charge in [0.15, 0.2) is 0 Å². The number of aromatic nitrogens is 2. The fraction of sp³-hybridized carbons (Fsp3) is 0.220. The Morgan fingerprint density at radius 2 is 1.57 bits per heavy atom. The number of rotatable bonds is 4. The fourth-order valence-corrected chi connectivity index (χ4v) is 7.22. The second-order valence-corrected chi connectivity index (χ2v) is 13.2. The minimum atomic E-state index is -0.253. The van der Waals surface area contributed by atoms with Gasteiger partial charge in [-0.05, 0) is 101 Å². The summed E-state index contributed by atoms with van der Waals surface area (Å²) in [6.45, 7) is 15.4. The molecule has 0 atom stereocenters. The van der Waals surface area contributed by atoms with Crippen molar-refractivity contribution in [2.75, 3.05) is 4.90 Å². The summed E-state index contributed by atoms with van der Waals surface area (Å²) in [5.74, 6) is 1.29. The number of pyridine rings is 2. The predicted molar refractivity (Wildman–Crippen MR) is 186 cm³/mol. The van der Waals surface area contributed by atoms with E-state index in [1.165, 1.54) is 33.4 Å². The van der Waals surface area contributed by atoms with Crippen molar-refractivity contribution >= 4 is 28.1 Å². The number of para-hydroxylation sites is 2. The molecule has 0 spiro atoms. The molecule has 1 N–H and O–H groups in total. The van der Waals surface area contributed by atoms with Gasteiger partial charge in [-0.2, -0.15) is 0 Å². The van der Waals surface area contributed by atoms with E-state index in [0.717, 1.165) is 45.0 Å². The van der Waals surface area contributed by atoms with Crippen LogP contribution in [0.25, 0.3) is 33.3 Å². The van der Waals surface area contributed by atoms with Gasteiger partial charge < -0.3 is 10.0 Å². The van der Waals surface area contributed by atoms with E-state index >= 15 is 0 Å². The average Bonchev–Trinajstić information content (AvgIpc) is 3.00. The van der Waals surface area contributed by atoms with Crippen molar-refractivity contribution in [2.24, 2.45) is 0 Å². The molecular formula is C41H38N3OPt-. The van der Waals surface area contributed by atoms with E-state index < -0.39 is 0 Å². The van der Waals surface area contributed by atoms with Crippen LogP contribution in [-0.4, -0.2) is 15.1 Å². The second-order valence-electron chi connectivity index (χ2n) is 13.2. The van der Waals surface area contributed by atoms with E-state index in [4.69, 9.17) is 9.97 Å². The van der Waals surface area contributed by atoms with E-state index in [1.54, 1.807) is 6.07 Å². The Kier molecular flexibility index (Phi) is 8.15. The van der Waals surface area contributed by atoms with E-state index in [-0.39, 0.29) is 38.1 Å². The summed E-state index contributed by atoms with van der Waals surface area (Å²) in [5, 5.41) is 11.8. The van der Waals surface area contributed by atoms with Gasteiger partial charge in [-0.3, -0.25) is 4.98 Å². The normalized spacial score (nSPS) is 13.3. The summed E-state index contributed by atoms with van der Waals surface area (Å²) in [7, 11) is 0. The number of hydrogen-bond donors (Lipinski definition) is 1. The minimum absolute atomic E-state index is 0. The molecule has 0 saturated heterocycles. The molecule has 7 rings (SSSR count). The summed E-state index contributed by atoms with van der Waals surface area (Å²) >= 11 is 0. The van der Waals surface area contributed by atoms with Gasteiger partial charge in [-0.1, -0.05) is 87.4 Å². The summed E-state index contributed by atoms with van der Waals surface area (Å²) < 4.78 is 0. The average molecular weight is 784 g/mol. The number of hydrogen-bond acceptors (Lipinski definition) is 4. The van der Waals surface area contributed by atoms with Crippen molar-refractivity contribution in [1.82, 2.24) is 9.97 Å². The molecule has 0 radical (unpaired) electrons. The first kappa shape index (κ1) is 31.7. The van der Waals surface area contributed by atoms with Crippen molar-refractivity contribution in [3.63, 3.8) is 0 Å². The van der Waals surface area contributed by atoms with Crippen LogP contribution in [0.1, 0.15) is 67.0 Å². The van der Waals surface area contributed by atoms with Crippen LogP contribution in [0.5, 0.6) is 5.75 Å². The Bertz CT molecular complexity index is 2110. The number of benzene rings is 4. The maximum atomic E-state index is 10.8. The molecular weight excluding hydrogens is 746 g/mol. The topological polar surface area (TPSA) is 49.2 Å². The van der Waals surface area contributed by atoms with Gasteiger partial charge in [0.25, 0.3) is 0 Å². The third-order valence-electron chi connectivity index (χ3n) is 9.33. The van der Waals surface area contributed by atoms with Crippen molar-refractivity contribution in [3.05, 3.63) is 131 Å². The van der Waals surface area contributed by atoms with E-state index in [0.29, 0.717) is 5.52 Å². The van der Waals surface area contributed by atoms with Crippen LogP contribution in [0, 0.1) is 26.8 Å². The van der Waals surface area contributed by atoms with Gasteiger partial charge in [-0.15, -0.1) is 23.8 Å². The molecule has 1 aliphatic heterocycles. The van der Waals surface area contributed by atoms with Crippen LogP contribution < -0.4 is 4.90 Å². The quantitative estimate of drug-likeness (QED) is 0.181. The SMILES string of the molecule is Cc1cc(C)c(-c2ccnc(N3c4[c-]c(-c5cc(C(C)C)c6cccc(O)c6n5)ccc4C(C)(C)c4ccccc43)c2)c(C)c1.[Pt]. The third kappa shape index (κ3) is 5.13. The van der Waals surface area contributed by atoms with Gasteiger partial charge in [0.05, 0.1) is 0 Å². The zero-order chi connectivity index (χ0) is 31.6. The number of anilines is 3. The monoisotopic (exact) mass is 783 g/mol. The summed E-state index contributed by atoms with van der Waals surface area (Å²) in [6.07, 6.45) is 1.91. The van der Waals surface area contributed by atoms with Gasteiger partial charge in [0.2, 0.25) is 0 Å². The molecule has 0 aliphatic carbocycles. The van der Waals surface area contributed by atoms with Crippen LogP contribution in [0.15, 0.2) is 91.1 Å². The smallest absolute Gasteiger partial charge is 0.140 e. The number of nitrogens with zero attached hydrogens (tertiary/aromatic N) is 3. The van der Waals surface area contributed by atoms with E-state index in [1.807, 2.05) is 18.3 Å². The predicted octanol–water partition coefficient (Wildman–Crippen LogP) is 10.6. The minimum Gasteiger partial charge on any atom is -0.506 e. The Labute approximate surface area is 286 Å². The molecule has 0 saturated carbocycles. The Morgan fingerprint density at radius 1 is 0.826 bits per heavy atom. The molecule has 0 unspecified atom stereocenters. The third-order valence-corrected chi connectivity index (χ3v) is 9.33. The number of aromatic hydroxyl groups is 1. The van der Waals surface area contributed by atoms with Crippen molar-refractivity contribution in [2.45, 2.75) is 59.8 Å². The molecule has 4 aromatic carbocycles. The maximum absolute atomic E-state index is 10.8. The molecule has 4 nitrogen and oxygen atoms in total. The van der Waals surface area contributed by atoms with Gasteiger partial charge in [-0.25, -0.2) is 4.98 Å². The molecule has 1 aliphatic rings. The molecule has 3 heterocycles. The number of aryl methyl sites for hydroxylation is 3. The Hall–Kier alpha value is -4.27. The molecule has 0 bridgehead atoms. The molecule has 0 amide bonds. The van der Waals surface area contributed by atoms with E-state index in [9.17, 15) is 5.11 Å². The molecule has 234 valence electrons. The van der Waals surface area contributed by atoms with Crippen LogP contribution in [0.4, 0.5) is 17.2 Å². The first-order chi connectivity index (χ1) is 21.5. The van der Waals surface area contributed by atoms with Crippen molar-refractivity contribution < 1.29 is 26.2 Å². The fourth-order valence-electron chi connectivity index (χ4n) is 7.22. The molecule has 46 heavy (non-hydrogen) atoms. The van der Waals surface area contributed by atoms with Crippen LogP contribution in [0.3, 0.4) is 0 Å². The second kappa shape index (κ2) is 11.8. The van der Waals surface area contributed by atoms with E-state index in [2.05, 4.69) is 126 Å². The summed E-state index contributed by atoms with van der Waals surface area (Å²) in [4.78, 5) is 12.2. The number of phenolic OH excluding ortho intramolecular Hbond substituents is 1. The van der Waals surface area contributed by atoms with Crippen molar-refractivity contribution in [3.8, 4) is 28.1 Å². The first-order valence-corrected chi connectivity index (χ1v) is 15.7. The standard InChI is InChI=1S/C41H38N3O.Pt/c1-24(2)31-23-34(43-40-30(31)11-10-14-37(40)45)28-15-16-33-36(21-28)44(35-13-9-8-12-32(35)41(33,6)7)38-22-29(17-18-42-38)39-26(4)19-25(3)20-27(39)5;/h8-20,22-24,45H,1-7H3;/q-1;. The van der Waals surface area contributed by atoms with Crippen LogP contribution in [0.2, 0.25) is 0 Å². The Balaban J connectivity index is 0.00000372. The van der Waals surface area contributed by atoms with Crippen molar-refractivity contribution in [1.29, 1.82) is 0 Å². The van der Waals surface area contributed by atoms with Gasteiger partial charge >= 0.3 is 0 Å². The molecule has 5 heteroatoms. The van der Waals surface area contributed by atoms with Gasteiger partial charge in [0.1, 0.15) is 17.1 Å². The number of fused-ring (bicyclic) bond motifs is 3. The van der Waals surface area contributed by atoms with Crippen LogP contribution in [-0.2, 0) is 26.5 Å². The molecule has 2 aromatic heterocycles. The zero-order valence-electron chi connectivity index (χ0n) is 27.3. The maximum Gasteiger partial charge on any atom is 0.140 e. The Morgan fingerprint density at radius 3 is 2.30 bits per heavy atom. The zero-order valence-corrected chi connectivity index (χ0v) is 29.6. The molecule has 6 aromatic rings. The number of phenols is 1. The summed E-state index contributed by atoms with van der Waals surface area (Å²) in [6, 6.07) is 33.3. The largest absolute Gasteiger partial charge is 0.506 e. The van der Waals surface area contributed by atoms with Crippen LogP contribution >= 0.6 is 0 Å². The first-order valence-electron chi connectivity index (χ1n) is 15.7. The molecule has 0 fully saturated rings.